The number of methoxy groups -OCH3 is 1. The molecule has 1 aromatic heterocycles. The Balaban J connectivity index is 2.26. The Kier molecular flexibility index (Phi) is 7.44. The highest BCUT2D eigenvalue weighted by atomic mass is 35.5. The lowest BCUT2D eigenvalue weighted by Gasteiger charge is -2.19. The van der Waals surface area contributed by atoms with Crippen LogP contribution in [0.4, 0.5) is 4.79 Å². The van der Waals surface area contributed by atoms with Crippen molar-refractivity contribution < 1.29 is 23.8 Å². The number of rotatable bonds is 7. The molecular formula is C19H25ClN4O5. The summed E-state index contributed by atoms with van der Waals surface area (Å²) in [6.07, 6.45) is -0.563. The molecule has 0 aliphatic rings. The minimum Gasteiger partial charge on any atom is -0.496 e. The number of esters is 1. The molecule has 0 spiro atoms. The summed E-state index contributed by atoms with van der Waals surface area (Å²) in [6.45, 7) is 7.57. The Labute approximate surface area is 174 Å². The number of benzene rings is 1. The van der Waals surface area contributed by atoms with Gasteiger partial charge in [0.25, 0.3) is 0 Å². The highest BCUT2D eigenvalue weighted by molar-refractivity contribution is 6.30. The summed E-state index contributed by atoms with van der Waals surface area (Å²) in [6, 6.07) is 5.01. The van der Waals surface area contributed by atoms with Gasteiger partial charge in [-0.25, -0.2) is 19.3 Å². The largest absolute Gasteiger partial charge is 0.496 e. The van der Waals surface area contributed by atoms with Crippen LogP contribution in [-0.2, 0) is 16.0 Å². The van der Waals surface area contributed by atoms with E-state index in [9.17, 15) is 9.59 Å². The Morgan fingerprint density at radius 3 is 2.62 bits per heavy atom. The molecule has 0 saturated heterocycles. The van der Waals surface area contributed by atoms with Crippen molar-refractivity contribution in [2.75, 3.05) is 20.3 Å². The number of alkyl carbamates (subject to hydrolysis) is 1. The third-order valence-electron chi connectivity index (χ3n) is 3.52. The summed E-state index contributed by atoms with van der Waals surface area (Å²) in [5, 5.41) is 7.47. The van der Waals surface area contributed by atoms with E-state index in [1.165, 1.54) is 11.8 Å². The van der Waals surface area contributed by atoms with Gasteiger partial charge >= 0.3 is 12.1 Å². The number of ether oxygens (including phenoxy) is 3. The molecule has 0 radical (unpaired) electrons. The van der Waals surface area contributed by atoms with E-state index in [0.717, 1.165) is 0 Å². The standard InChI is InChI=1S/C19H25ClN4O5/c1-6-28-17(25)16-22-15(13-11-12(20)7-8-14(13)27-5)23-24(16)10-9-21-18(26)29-19(2,3)4/h7-8,11H,6,9-10H2,1-5H3,(H,21,26). The maximum Gasteiger partial charge on any atom is 0.407 e. The molecule has 1 aromatic carbocycles. The lowest BCUT2D eigenvalue weighted by atomic mass is 10.2. The molecule has 1 amide bonds. The van der Waals surface area contributed by atoms with Gasteiger partial charge in [0, 0.05) is 11.6 Å². The van der Waals surface area contributed by atoms with Gasteiger partial charge in [0.1, 0.15) is 11.4 Å². The molecular weight excluding hydrogens is 400 g/mol. The molecule has 0 saturated carbocycles. The van der Waals surface area contributed by atoms with Gasteiger partial charge in [-0.15, -0.1) is 0 Å². The van der Waals surface area contributed by atoms with Crippen LogP contribution in [0, 0.1) is 0 Å². The van der Waals surface area contributed by atoms with E-state index < -0.39 is 17.7 Å². The van der Waals surface area contributed by atoms with Crippen LogP contribution >= 0.6 is 11.6 Å². The Bertz CT molecular complexity index is 876. The number of carbonyl (C=O) groups is 2. The number of nitrogens with one attached hydrogen (secondary N) is 1. The van der Waals surface area contributed by atoms with Crippen LogP contribution < -0.4 is 10.1 Å². The van der Waals surface area contributed by atoms with Crippen LogP contribution in [0.15, 0.2) is 18.2 Å². The highest BCUT2D eigenvalue weighted by Crippen LogP contribution is 2.30. The van der Waals surface area contributed by atoms with E-state index in [0.29, 0.717) is 16.3 Å². The smallest absolute Gasteiger partial charge is 0.407 e. The lowest BCUT2D eigenvalue weighted by molar-refractivity contribution is 0.0504. The van der Waals surface area contributed by atoms with E-state index >= 15 is 0 Å². The van der Waals surface area contributed by atoms with E-state index in [-0.39, 0.29) is 31.3 Å². The summed E-state index contributed by atoms with van der Waals surface area (Å²) in [5.41, 5.74) is -0.0756. The topological polar surface area (TPSA) is 105 Å². The van der Waals surface area contributed by atoms with E-state index in [4.69, 9.17) is 25.8 Å². The maximum atomic E-state index is 12.3. The van der Waals surface area contributed by atoms with Crippen LogP contribution in [0.5, 0.6) is 5.75 Å². The lowest BCUT2D eigenvalue weighted by Crippen LogP contribution is -2.34. The fraction of sp³-hybridized carbons (Fsp3) is 0.474. The number of amides is 1. The second kappa shape index (κ2) is 9.60. The SMILES string of the molecule is CCOC(=O)c1nc(-c2cc(Cl)ccc2OC)nn1CCNC(=O)OC(C)(C)C. The Morgan fingerprint density at radius 2 is 2.00 bits per heavy atom. The van der Waals surface area contributed by atoms with Crippen LogP contribution in [0.25, 0.3) is 11.4 Å². The third kappa shape index (κ3) is 6.35. The van der Waals surface area contributed by atoms with Crippen molar-refractivity contribution in [1.29, 1.82) is 0 Å². The zero-order valence-corrected chi connectivity index (χ0v) is 17.9. The van der Waals surface area contributed by atoms with Crippen LogP contribution in [-0.4, -0.2) is 52.7 Å². The molecule has 0 bridgehead atoms. The van der Waals surface area contributed by atoms with E-state index in [1.807, 2.05) is 0 Å². The monoisotopic (exact) mass is 424 g/mol. The van der Waals surface area contributed by atoms with Crippen molar-refractivity contribution >= 4 is 23.7 Å². The maximum absolute atomic E-state index is 12.3. The fourth-order valence-corrected chi connectivity index (χ4v) is 2.56. The molecule has 2 rings (SSSR count). The van der Waals surface area contributed by atoms with Crippen LogP contribution in [0.2, 0.25) is 5.02 Å². The summed E-state index contributed by atoms with van der Waals surface area (Å²) in [5.74, 6) is 0.151. The summed E-state index contributed by atoms with van der Waals surface area (Å²) >= 11 is 6.08. The van der Waals surface area contributed by atoms with Gasteiger partial charge in [-0.2, -0.15) is 5.10 Å². The zero-order chi connectivity index (χ0) is 21.6. The molecule has 0 aliphatic carbocycles. The molecule has 0 fully saturated rings. The second-order valence-electron chi connectivity index (χ2n) is 6.98. The first-order valence-corrected chi connectivity index (χ1v) is 9.45. The van der Waals surface area contributed by atoms with Gasteiger partial charge in [-0.05, 0) is 45.9 Å². The average molecular weight is 425 g/mol. The fourth-order valence-electron chi connectivity index (χ4n) is 2.39. The van der Waals surface area contributed by atoms with Crippen molar-refractivity contribution in [2.45, 2.75) is 39.8 Å². The van der Waals surface area contributed by atoms with Crippen molar-refractivity contribution in [3.8, 4) is 17.1 Å². The second-order valence-corrected chi connectivity index (χ2v) is 7.41. The van der Waals surface area contributed by atoms with Crippen LogP contribution in [0.3, 0.4) is 0 Å². The molecule has 2 aromatic rings. The predicted molar refractivity (Wildman–Crippen MR) is 107 cm³/mol. The van der Waals surface area contributed by atoms with Gasteiger partial charge in [-0.1, -0.05) is 11.6 Å². The highest BCUT2D eigenvalue weighted by Gasteiger charge is 2.22. The van der Waals surface area contributed by atoms with Gasteiger partial charge in [-0.3, -0.25) is 0 Å². The molecule has 29 heavy (non-hydrogen) atoms. The molecule has 10 heteroatoms. The van der Waals surface area contributed by atoms with Gasteiger partial charge < -0.3 is 19.5 Å². The van der Waals surface area contributed by atoms with Crippen molar-refractivity contribution in [3.63, 3.8) is 0 Å². The molecule has 158 valence electrons. The summed E-state index contributed by atoms with van der Waals surface area (Å²) in [7, 11) is 1.51. The van der Waals surface area contributed by atoms with Crippen LogP contribution in [0.1, 0.15) is 38.3 Å². The molecule has 1 heterocycles. The van der Waals surface area contributed by atoms with E-state index in [1.54, 1.807) is 45.9 Å². The zero-order valence-electron chi connectivity index (χ0n) is 17.1. The van der Waals surface area contributed by atoms with Gasteiger partial charge in [0.2, 0.25) is 5.82 Å². The summed E-state index contributed by atoms with van der Waals surface area (Å²) < 4.78 is 17.0. The normalized spacial score (nSPS) is 11.1. The number of aromatic nitrogens is 3. The number of nitrogens with zero attached hydrogens (tertiary/aromatic N) is 3. The molecule has 9 nitrogen and oxygen atoms in total. The Hall–Kier alpha value is -2.81. The first kappa shape index (κ1) is 22.5. The van der Waals surface area contributed by atoms with Gasteiger partial charge in [0.15, 0.2) is 5.82 Å². The first-order valence-electron chi connectivity index (χ1n) is 9.07. The average Bonchev–Trinajstić information content (AvgIpc) is 3.04. The number of hydrogen-bond acceptors (Lipinski definition) is 7. The molecule has 0 aliphatic heterocycles. The van der Waals surface area contributed by atoms with Crippen molar-refractivity contribution in [1.82, 2.24) is 20.1 Å². The summed E-state index contributed by atoms with van der Waals surface area (Å²) in [4.78, 5) is 28.4. The first-order chi connectivity index (χ1) is 13.6. The van der Waals surface area contributed by atoms with Crippen molar-refractivity contribution in [3.05, 3.63) is 29.0 Å². The molecule has 0 unspecified atom stereocenters. The Morgan fingerprint density at radius 1 is 1.28 bits per heavy atom. The van der Waals surface area contributed by atoms with Crippen molar-refractivity contribution in [2.24, 2.45) is 0 Å². The quantitative estimate of drug-likeness (QED) is 0.679. The molecule has 0 atom stereocenters. The minimum absolute atomic E-state index is 0.00914. The predicted octanol–water partition coefficient (Wildman–Crippen LogP) is 3.31. The number of carbonyl (C=O) groups excluding carboxylic acids is 2. The minimum atomic E-state index is -0.621. The number of hydrogen-bond donors (Lipinski definition) is 1. The third-order valence-corrected chi connectivity index (χ3v) is 3.76. The van der Waals surface area contributed by atoms with E-state index in [2.05, 4.69) is 15.4 Å². The number of halogens is 1. The molecule has 1 N–H and O–H groups in total. The van der Waals surface area contributed by atoms with Gasteiger partial charge in [0.05, 0.1) is 25.8 Å².